The molecule has 1 amide bonds. The van der Waals surface area contributed by atoms with Crippen LogP contribution in [0.15, 0.2) is 29.4 Å². The fourth-order valence-electron chi connectivity index (χ4n) is 1.88. The van der Waals surface area contributed by atoms with Crippen LogP contribution in [0.4, 0.5) is 0 Å². The summed E-state index contributed by atoms with van der Waals surface area (Å²) < 4.78 is 3.27. The molecule has 4 heteroatoms. The average Bonchev–Trinajstić information content (AvgIpc) is 2.45. The van der Waals surface area contributed by atoms with Crippen molar-refractivity contribution >= 4 is 21.8 Å². The summed E-state index contributed by atoms with van der Waals surface area (Å²) in [5.41, 5.74) is 1.18. The summed E-state index contributed by atoms with van der Waals surface area (Å²) in [6.07, 6.45) is 4.44. The number of nitrogens with zero attached hydrogens (tertiary/aromatic N) is 2. The molecule has 0 N–H and O–H groups in total. The number of carbonyl (C=O) groups is 1. The smallest absolute Gasteiger partial charge is 0.246 e. The van der Waals surface area contributed by atoms with Gasteiger partial charge in [-0.2, -0.15) is 0 Å². The number of aromatic nitrogens is 1. The van der Waals surface area contributed by atoms with E-state index in [-0.39, 0.29) is 5.91 Å². The third-order valence-electron chi connectivity index (χ3n) is 2.62. The van der Waals surface area contributed by atoms with Crippen molar-refractivity contribution in [3.05, 3.63) is 35.1 Å². The van der Waals surface area contributed by atoms with Crippen LogP contribution in [0.25, 0.3) is 0 Å². The fraction of sp³-hybridized carbons (Fsp3) is 0.364. The van der Waals surface area contributed by atoms with E-state index >= 15 is 0 Å². The zero-order chi connectivity index (χ0) is 10.8. The largest absolute Gasteiger partial charge is 0.349 e. The van der Waals surface area contributed by atoms with Crippen molar-refractivity contribution in [2.45, 2.75) is 19.5 Å². The van der Waals surface area contributed by atoms with Crippen molar-refractivity contribution in [1.82, 2.24) is 9.47 Å². The maximum Gasteiger partial charge on any atom is 0.246 e. The summed E-state index contributed by atoms with van der Waals surface area (Å²) in [5, 5.41) is 0. The molecule has 1 aromatic rings. The molecule has 2 heterocycles. The lowest BCUT2D eigenvalue weighted by Crippen LogP contribution is -2.28. The van der Waals surface area contributed by atoms with Gasteiger partial charge in [0.2, 0.25) is 5.91 Å². The quantitative estimate of drug-likeness (QED) is 0.717. The molecule has 0 spiro atoms. The number of hydrogen-bond acceptors (Lipinski definition) is 1. The molecular weight excluding hydrogens is 256 g/mol. The van der Waals surface area contributed by atoms with Gasteiger partial charge in [-0.15, -0.1) is 0 Å². The van der Waals surface area contributed by atoms with Crippen LogP contribution < -0.4 is 0 Å². The number of hydrogen-bond donors (Lipinski definition) is 0. The first kappa shape index (κ1) is 10.5. The first-order valence-corrected chi connectivity index (χ1v) is 5.76. The van der Waals surface area contributed by atoms with Gasteiger partial charge in [-0.1, -0.05) is 6.58 Å². The second kappa shape index (κ2) is 4.23. The van der Waals surface area contributed by atoms with Crippen molar-refractivity contribution in [2.75, 3.05) is 6.54 Å². The zero-order valence-electron chi connectivity index (χ0n) is 8.45. The van der Waals surface area contributed by atoms with Crippen LogP contribution in [0, 0.1) is 0 Å². The number of fused-ring (bicyclic) bond motifs is 1. The number of aryl methyl sites for hydroxylation is 1. The fourth-order valence-corrected chi connectivity index (χ4v) is 2.39. The monoisotopic (exact) mass is 268 g/mol. The van der Waals surface area contributed by atoms with E-state index in [1.54, 1.807) is 0 Å². The van der Waals surface area contributed by atoms with Crippen molar-refractivity contribution in [2.24, 2.45) is 0 Å². The van der Waals surface area contributed by atoms with Gasteiger partial charge in [0.1, 0.15) is 0 Å². The minimum Gasteiger partial charge on any atom is -0.349 e. The first-order valence-electron chi connectivity index (χ1n) is 4.96. The first-order chi connectivity index (χ1) is 7.20. The third kappa shape index (κ3) is 2.15. The third-order valence-corrected chi connectivity index (χ3v) is 3.05. The SMILES string of the molecule is C=CC(=O)N1CCCn2cc(Br)cc2C1. The van der Waals surface area contributed by atoms with Crippen molar-refractivity contribution < 1.29 is 4.79 Å². The Labute approximate surface area is 97.5 Å². The summed E-state index contributed by atoms with van der Waals surface area (Å²) in [6, 6.07) is 2.06. The molecule has 15 heavy (non-hydrogen) atoms. The van der Waals surface area contributed by atoms with Gasteiger partial charge in [-0.25, -0.2) is 0 Å². The Bertz CT molecular complexity index is 397. The van der Waals surface area contributed by atoms with E-state index in [0.29, 0.717) is 6.54 Å². The molecule has 0 aliphatic carbocycles. The van der Waals surface area contributed by atoms with Crippen LogP contribution in [-0.4, -0.2) is 21.9 Å². The predicted octanol–water partition coefficient (Wildman–Crippen LogP) is 2.17. The molecular formula is C11H13BrN2O. The Morgan fingerprint density at radius 3 is 3.07 bits per heavy atom. The average molecular weight is 269 g/mol. The van der Waals surface area contributed by atoms with E-state index in [1.807, 2.05) is 4.90 Å². The number of carbonyl (C=O) groups excluding carboxylic acids is 1. The Morgan fingerprint density at radius 2 is 2.33 bits per heavy atom. The molecule has 0 bridgehead atoms. The molecule has 0 saturated heterocycles. The Morgan fingerprint density at radius 1 is 1.53 bits per heavy atom. The molecule has 80 valence electrons. The molecule has 0 aromatic carbocycles. The second-order valence-electron chi connectivity index (χ2n) is 3.66. The van der Waals surface area contributed by atoms with Gasteiger partial charge in [0.05, 0.1) is 6.54 Å². The van der Waals surface area contributed by atoms with Crippen LogP contribution >= 0.6 is 15.9 Å². The van der Waals surface area contributed by atoms with E-state index < -0.39 is 0 Å². The lowest BCUT2D eigenvalue weighted by molar-refractivity contribution is -0.126. The van der Waals surface area contributed by atoms with Crippen molar-refractivity contribution in [3.8, 4) is 0 Å². The number of amides is 1. The lowest BCUT2D eigenvalue weighted by Gasteiger charge is -2.17. The zero-order valence-corrected chi connectivity index (χ0v) is 10.0. The molecule has 2 rings (SSSR count). The molecule has 3 nitrogen and oxygen atoms in total. The van der Waals surface area contributed by atoms with E-state index in [2.05, 4.69) is 39.3 Å². The molecule has 0 atom stereocenters. The van der Waals surface area contributed by atoms with Gasteiger partial charge < -0.3 is 9.47 Å². The topological polar surface area (TPSA) is 25.2 Å². The summed E-state index contributed by atoms with van der Waals surface area (Å²) >= 11 is 3.45. The van der Waals surface area contributed by atoms with Crippen molar-refractivity contribution in [3.63, 3.8) is 0 Å². The second-order valence-corrected chi connectivity index (χ2v) is 4.58. The van der Waals surface area contributed by atoms with Crippen LogP contribution in [0.1, 0.15) is 12.1 Å². The van der Waals surface area contributed by atoms with Gasteiger partial charge in [0.15, 0.2) is 0 Å². The van der Waals surface area contributed by atoms with Crippen LogP contribution in [0.5, 0.6) is 0 Å². The highest BCUT2D eigenvalue weighted by atomic mass is 79.9. The van der Waals surface area contributed by atoms with E-state index in [4.69, 9.17) is 0 Å². The van der Waals surface area contributed by atoms with E-state index in [1.165, 1.54) is 11.8 Å². The highest BCUT2D eigenvalue weighted by Crippen LogP contribution is 2.19. The van der Waals surface area contributed by atoms with Gasteiger partial charge in [-0.3, -0.25) is 4.79 Å². The Hall–Kier alpha value is -1.03. The molecule has 1 aliphatic rings. The highest BCUT2D eigenvalue weighted by molar-refractivity contribution is 9.10. The van der Waals surface area contributed by atoms with Gasteiger partial charge in [-0.05, 0) is 34.5 Å². The number of halogens is 1. The molecule has 0 unspecified atom stereocenters. The molecule has 1 aliphatic heterocycles. The molecule has 1 aromatic heterocycles. The Kier molecular flexibility index (Phi) is 2.95. The maximum atomic E-state index is 11.5. The predicted molar refractivity (Wildman–Crippen MR) is 62.4 cm³/mol. The molecule has 0 saturated carbocycles. The highest BCUT2D eigenvalue weighted by Gasteiger charge is 2.17. The summed E-state index contributed by atoms with van der Waals surface area (Å²) in [5.74, 6) is 0.0146. The van der Waals surface area contributed by atoms with Crippen LogP contribution in [0.2, 0.25) is 0 Å². The van der Waals surface area contributed by atoms with Gasteiger partial charge in [0.25, 0.3) is 0 Å². The van der Waals surface area contributed by atoms with Gasteiger partial charge in [0, 0.05) is 29.5 Å². The van der Waals surface area contributed by atoms with Gasteiger partial charge >= 0.3 is 0 Å². The van der Waals surface area contributed by atoms with Crippen LogP contribution in [0.3, 0.4) is 0 Å². The molecule has 0 fully saturated rings. The lowest BCUT2D eigenvalue weighted by atomic mass is 10.3. The Balaban J connectivity index is 2.23. The molecule has 0 radical (unpaired) electrons. The summed E-state index contributed by atoms with van der Waals surface area (Å²) in [6.45, 7) is 5.98. The van der Waals surface area contributed by atoms with E-state index in [0.717, 1.165) is 24.0 Å². The normalized spacial score (nSPS) is 15.7. The summed E-state index contributed by atoms with van der Waals surface area (Å²) in [7, 11) is 0. The van der Waals surface area contributed by atoms with Crippen molar-refractivity contribution in [1.29, 1.82) is 0 Å². The maximum absolute atomic E-state index is 11.5. The van der Waals surface area contributed by atoms with Crippen LogP contribution in [-0.2, 0) is 17.9 Å². The summed E-state index contributed by atoms with van der Waals surface area (Å²) in [4.78, 5) is 13.4. The number of rotatable bonds is 1. The minimum absolute atomic E-state index is 0.0146. The minimum atomic E-state index is 0.0146. The van der Waals surface area contributed by atoms with E-state index in [9.17, 15) is 4.79 Å². The standard InChI is InChI=1S/C11H13BrN2O/c1-2-11(15)14-5-3-4-13-7-9(12)6-10(13)8-14/h2,6-7H,1,3-5,8H2.